The van der Waals surface area contributed by atoms with Gasteiger partial charge in [0.15, 0.2) is 0 Å². The topological polar surface area (TPSA) is 40.7 Å². The fourth-order valence-corrected chi connectivity index (χ4v) is 2.05. The van der Waals surface area contributed by atoms with Crippen LogP contribution >= 0.6 is 11.6 Å². The minimum absolute atomic E-state index is 0.730. The highest BCUT2D eigenvalue weighted by Gasteiger charge is 2.20. The van der Waals surface area contributed by atoms with Gasteiger partial charge in [0.05, 0.1) is 0 Å². The molecule has 0 spiro atoms. The van der Waals surface area contributed by atoms with Gasteiger partial charge >= 0.3 is 0 Å². The fraction of sp³-hybridized carbons (Fsp3) is 0.357. The lowest BCUT2D eigenvalue weighted by Gasteiger charge is -2.00. The molecule has 0 saturated heterocycles. The standard InChI is InChI=1S/C14H16ClN3/c15-11-3-1-10(2-4-11)7-14-17-9-13(18-14)8-16-12-5-6-12/h1-4,9,12,16H,5-8H2,(H,17,18). The summed E-state index contributed by atoms with van der Waals surface area (Å²) in [5.74, 6) is 1.00. The van der Waals surface area contributed by atoms with Crippen LogP contribution in [0.5, 0.6) is 0 Å². The molecule has 0 aliphatic heterocycles. The Morgan fingerprint density at radius 2 is 2.06 bits per heavy atom. The molecule has 0 radical (unpaired) electrons. The van der Waals surface area contributed by atoms with Crippen LogP contribution in [0.25, 0.3) is 0 Å². The van der Waals surface area contributed by atoms with Gasteiger partial charge in [0.1, 0.15) is 5.82 Å². The van der Waals surface area contributed by atoms with Gasteiger partial charge in [0.25, 0.3) is 0 Å². The highest BCUT2D eigenvalue weighted by molar-refractivity contribution is 6.30. The maximum Gasteiger partial charge on any atom is 0.110 e. The number of nitrogens with zero attached hydrogens (tertiary/aromatic N) is 1. The van der Waals surface area contributed by atoms with Gasteiger partial charge in [0.2, 0.25) is 0 Å². The lowest BCUT2D eigenvalue weighted by Crippen LogP contribution is -2.15. The molecule has 1 heterocycles. The molecule has 3 nitrogen and oxygen atoms in total. The van der Waals surface area contributed by atoms with E-state index in [4.69, 9.17) is 11.6 Å². The summed E-state index contributed by atoms with van der Waals surface area (Å²) in [4.78, 5) is 7.76. The van der Waals surface area contributed by atoms with Crippen molar-refractivity contribution in [3.05, 3.63) is 52.6 Å². The molecular weight excluding hydrogens is 246 g/mol. The van der Waals surface area contributed by atoms with Crippen LogP contribution in [0.4, 0.5) is 0 Å². The number of hydrogen-bond acceptors (Lipinski definition) is 2. The Bertz CT molecular complexity index is 514. The number of aromatic amines is 1. The minimum Gasteiger partial charge on any atom is -0.345 e. The van der Waals surface area contributed by atoms with Crippen LogP contribution < -0.4 is 5.32 Å². The summed E-state index contributed by atoms with van der Waals surface area (Å²) < 4.78 is 0. The van der Waals surface area contributed by atoms with Crippen LogP contribution in [0.3, 0.4) is 0 Å². The first-order valence-electron chi connectivity index (χ1n) is 6.30. The lowest BCUT2D eigenvalue weighted by molar-refractivity contribution is 0.676. The van der Waals surface area contributed by atoms with Crippen LogP contribution in [-0.4, -0.2) is 16.0 Å². The zero-order valence-corrected chi connectivity index (χ0v) is 10.9. The third kappa shape index (κ3) is 3.12. The van der Waals surface area contributed by atoms with E-state index in [1.807, 2.05) is 30.5 Å². The van der Waals surface area contributed by atoms with E-state index in [9.17, 15) is 0 Å². The van der Waals surface area contributed by atoms with Crippen molar-refractivity contribution < 1.29 is 0 Å². The summed E-state index contributed by atoms with van der Waals surface area (Å²) in [6, 6.07) is 8.62. The number of rotatable bonds is 5. The Morgan fingerprint density at radius 1 is 1.28 bits per heavy atom. The molecule has 94 valence electrons. The summed E-state index contributed by atoms with van der Waals surface area (Å²) >= 11 is 5.86. The van der Waals surface area contributed by atoms with E-state index in [1.54, 1.807) is 0 Å². The molecule has 0 unspecified atom stereocenters. The van der Waals surface area contributed by atoms with E-state index >= 15 is 0 Å². The molecular formula is C14H16ClN3. The number of H-pyrrole nitrogens is 1. The van der Waals surface area contributed by atoms with E-state index in [0.29, 0.717) is 0 Å². The number of benzene rings is 1. The molecule has 1 aromatic heterocycles. The number of hydrogen-bond donors (Lipinski definition) is 2. The minimum atomic E-state index is 0.730. The summed E-state index contributed by atoms with van der Waals surface area (Å²) in [5, 5.41) is 4.24. The molecule has 18 heavy (non-hydrogen) atoms. The average molecular weight is 262 g/mol. The van der Waals surface area contributed by atoms with Gasteiger partial charge in [-0.25, -0.2) is 4.98 Å². The molecule has 1 fully saturated rings. The highest BCUT2D eigenvalue weighted by Crippen LogP contribution is 2.19. The molecule has 1 saturated carbocycles. The van der Waals surface area contributed by atoms with Crippen molar-refractivity contribution in [1.82, 2.24) is 15.3 Å². The summed E-state index contributed by atoms with van der Waals surface area (Å²) in [6.45, 7) is 0.887. The Kier molecular flexibility index (Phi) is 3.35. The van der Waals surface area contributed by atoms with Gasteiger partial charge in [-0.05, 0) is 30.5 Å². The van der Waals surface area contributed by atoms with Gasteiger partial charge in [0, 0.05) is 35.9 Å². The second kappa shape index (κ2) is 5.12. The van der Waals surface area contributed by atoms with Crippen LogP contribution in [-0.2, 0) is 13.0 Å². The van der Waals surface area contributed by atoms with Crippen LogP contribution in [0.1, 0.15) is 29.9 Å². The second-order valence-corrected chi connectivity index (χ2v) is 5.25. The van der Waals surface area contributed by atoms with Crippen molar-refractivity contribution in [3.8, 4) is 0 Å². The summed E-state index contributed by atoms with van der Waals surface area (Å²) in [7, 11) is 0. The molecule has 1 aliphatic carbocycles. The van der Waals surface area contributed by atoms with Crippen LogP contribution in [0.2, 0.25) is 5.02 Å². The quantitative estimate of drug-likeness (QED) is 0.869. The maximum absolute atomic E-state index is 5.86. The van der Waals surface area contributed by atoms with Crippen molar-refractivity contribution in [2.24, 2.45) is 0 Å². The van der Waals surface area contributed by atoms with E-state index < -0.39 is 0 Å². The van der Waals surface area contributed by atoms with Gasteiger partial charge in [-0.1, -0.05) is 23.7 Å². The predicted molar refractivity (Wildman–Crippen MR) is 72.7 cm³/mol. The lowest BCUT2D eigenvalue weighted by atomic mass is 10.1. The number of halogens is 1. The maximum atomic E-state index is 5.86. The number of imidazole rings is 1. The second-order valence-electron chi connectivity index (χ2n) is 4.81. The Morgan fingerprint density at radius 3 is 2.78 bits per heavy atom. The third-order valence-corrected chi connectivity index (χ3v) is 3.38. The van der Waals surface area contributed by atoms with Crippen LogP contribution in [0, 0.1) is 0 Å². The first kappa shape index (κ1) is 11.8. The molecule has 2 aromatic rings. The van der Waals surface area contributed by atoms with Crippen molar-refractivity contribution in [2.75, 3.05) is 0 Å². The fourth-order valence-electron chi connectivity index (χ4n) is 1.92. The van der Waals surface area contributed by atoms with Gasteiger partial charge in [-0.15, -0.1) is 0 Å². The van der Waals surface area contributed by atoms with Crippen molar-refractivity contribution in [3.63, 3.8) is 0 Å². The summed E-state index contributed by atoms with van der Waals surface area (Å²) in [5.41, 5.74) is 2.38. The highest BCUT2D eigenvalue weighted by atomic mass is 35.5. The molecule has 3 rings (SSSR count). The molecule has 2 N–H and O–H groups in total. The van der Waals surface area contributed by atoms with Crippen molar-refractivity contribution >= 4 is 11.6 Å². The number of aromatic nitrogens is 2. The van der Waals surface area contributed by atoms with Gasteiger partial charge in [-0.2, -0.15) is 0 Å². The Hall–Kier alpha value is -1.32. The first-order chi connectivity index (χ1) is 8.79. The van der Waals surface area contributed by atoms with Crippen molar-refractivity contribution in [2.45, 2.75) is 31.8 Å². The van der Waals surface area contributed by atoms with E-state index in [1.165, 1.54) is 18.4 Å². The van der Waals surface area contributed by atoms with E-state index in [2.05, 4.69) is 15.3 Å². The zero-order chi connectivity index (χ0) is 12.4. The Balaban J connectivity index is 1.60. The molecule has 4 heteroatoms. The predicted octanol–water partition coefficient (Wildman–Crippen LogP) is 2.91. The number of nitrogens with one attached hydrogen (secondary N) is 2. The summed E-state index contributed by atoms with van der Waals surface area (Å²) in [6.07, 6.45) is 5.36. The molecule has 1 aromatic carbocycles. The molecule has 0 atom stereocenters. The molecule has 0 bridgehead atoms. The normalized spacial score (nSPS) is 14.9. The average Bonchev–Trinajstić information content (AvgIpc) is 3.10. The largest absolute Gasteiger partial charge is 0.345 e. The van der Waals surface area contributed by atoms with E-state index in [-0.39, 0.29) is 0 Å². The molecule has 1 aliphatic rings. The third-order valence-electron chi connectivity index (χ3n) is 3.12. The molecule has 0 amide bonds. The van der Waals surface area contributed by atoms with Crippen molar-refractivity contribution in [1.29, 1.82) is 0 Å². The monoisotopic (exact) mass is 261 g/mol. The SMILES string of the molecule is Clc1ccc(Cc2ncc(CNC3CC3)[nH]2)cc1. The first-order valence-corrected chi connectivity index (χ1v) is 6.68. The van der Waals surface area contributed by atoms with Gasteiger partial charge < -0.3 is 10.3 Å². The smallest absolute Gasteiger partial charge is 0.110 e. The zero-order valence-electron chi connectivity index (χ0n) is 10.1. The Labute approximate surface area is 112 Å². The van der Waals surface area contributed by atoms with Gasteiger partial charge in [-0.3, -0.25) is 0 Å². The van der Waals surface area contributed by atoms with Crippen LogP contribution in [0.15, 0.2) is 30.5 Å². The van der Waals surface area contributed by atoms with E-state index in [0.717, 1.165) is 35.5 Å².